The molecule has 2 atom stereocenters. The Morgan fingerprint density at radius 3 is 1.61 bits per heavy atom. The first-order chi connectivity index (χ1) is 8.64. The zero-order valence-corrected chi connectivity index (χ0v) is 13.1. The summed E-state index contributed by atoms with van der Waals surface area (Å²) in [7, 11) is 0. The Morgan fingerprint density at radius 2 is 1.28 bits per heavy atom. The average Bonchev–Trinajstić information content (AvgIpc) is 3.09. The number of rotatable bonds is 11. The van der Waals surface area contributed by atoms with Crippen LogP contribution in [0, 0.1) is 5.41 Å². The third-order valence-corrected chi connectivity index (χ3v) is 4.60. The van der Waals surface area contributed by atoms with Crippen molar-refractivity contribution in [3.8, 4) is 0 Å². The van der Waals surface area contributed by atoms with Gasteiger partial charge in [0.1, 0.15) is 0 Å². The molecule has 1 fully saturated rings. The molecule has 1 rings (SSSR count). The Balaban J connectivity index is 2.28. The molecule has 0 spiro atoms. The van der Waals surface area contributed by atoms with Gasteiger partial charge in [-0.25, -0.2) is 0 Å². The van der Waals surface area contributed by atoms with E-state index in [0.717, 1.165) is 0 Å². The molecule has 18 heavy (non-hydrogen) atoms. The van der Waals surface area contributed by atoms with Crippen molar-refractivity contribution in [2.75, 3.05) is 0 Å². The molecule has 1 heterocycles. The first kappa shape index (κ1) is 16.0. The lowest BCUT2D eigenvalue weighted by molar-refractivity contribution is 0.177. The normalized spacial score (nSPS) is 23.3. The van der Waals surface area contributed by atoms with Gasteiger partial charge in [0.2, 0.25) is 0 Å². The van der Waals surface area contributed by atoms with Crippen molar-refractivity contribution in [2.24, 2.45) is 5.41 Å². The first-order valence-corrected chi connectivity index (χ1v) is 8.29. The van der Waals surface area contributed by atoms with Crippen molar-refractivity contribution in [3.63, 3.8) is 0 Å². The molecule has 0 amide bonds. The summed E-state index contributed by atoms with van der Waals surface area (Å²) in [6.45, 7) is 9.28. The SMILES string of the molecule is CCCCCCC(C)(CCCCCC)C1OC1C. The van der Waals surface area contributed by atoms with Crippen LogP contribution in [0.25, 0.3) is 0 Å². The summed E-state index contributed by atoms with van der Waals surface area (Å²) in [4.78, 5) is 0. The number of hydrogen-bond acceptors (Lipinski definition) is 1. The smallest absolute Gasteiger partial charge is 0.0892 e. The largest absolute Gasteiger partial charge is 0.369 e. The summed E-state index contributed by atoms with van der Waals surface area (Å²) in [5.41, 5.74) is 0.459. The van der Waals surface area contributed by atoms with E-state index < -0.39 is 0 Å². The summed E-state index contributed by atoms with van der Waals surface area (Å²) >= 11 is 0. The molecule has 1 heteroatoms. The summed E-state index contributed by atoms with van der Waals surface area (Å²) in [6.07, 6.45) is 14.9. The zero-order chi connectivity index (χ0) is 13.4. The fourth-order valence-electron chi connectivity index (χ4n) is 3.24. The van der Waals surface area contributed by atoms with Gasteiger partial charge >= 0.3 is 0 Å². The minimum absolute atomic E-state index is 0.459. The third-order valence-electron chi connectivity index (χ3n) is 4.60. The van der Waals surface area contributed by atoms with E-state index in [9.17, 15) is 0 Å². The summed E-state index contributed by atoms with van der Waals surface area (Å²) in [5, 5.41) is 0. The molecular weight excluding hydrogens is 220 g/mol. The lowest BCUT2D eigenvalue weighted by atomic mass is 9.76. The highest BCUT2D eigenvalue weighted by Crippen LogP contribution is 2.45. The molecule has 0 saturated carbocycles. The number of epoxide rings is 1. The molecule has 2 unspecified atom stereocenters. The van der Waals surface area contributed by atoms with E-state index in [1.165, 1.54) is 64.2 Å². The molecule has 1 aliphatic heterocycles. The van der Waals surface area contributed by atoms with Gasteiger partial charge in [0, 0.05) is 0 Å². The molecule has 0 bridgehead atoms. The van der Waals surface area contributed by atoms with Crippen LogP contribution in [-0.2, 0) is 4.74 Å². The molecule has 0 aromatic carbocycles. The van der Waals surface area contributed by atoms with Crippen LogP contribution in [0.1, 0.15) is 91.9 Å². The highest BCUT2D eigenvalue weighted by molar-refractivity contribution is 4.95. The molecule has 0 aromatic heterocycles. The molecule has 1 aliphatic rings. The maximum atomic E-state index is 5.80. The second kappa shape index (κ2) is 8.19. The van der Waals surface area contributed by atoms with Crippen LogP contribution in [0.3, 0.4) is 0 Å². The first-order valence-electron chi connectivity index (χ1n) is 8.29. The van der Waals surface area contributed by atoms with E-state index >= 15 is 0 Å². The molecule has 1 nitrogen and oxygen atoms in total. The molecular formula is C17H34O. The molecule has 1 saturated heterocycles. The Hall–Kier alpha value is -0.0400. The van der Waals surface area contributed by atoms with Gasteiger partial charge in [-0.1, -0.05) is 72.1 Å². The third kappa shape index (κ3) is 5.30. The second-order valence-electron chi connectivity index (χ2n) is 6.54. The van der Waals surface area contributed by atoms with Gasteiger partial charge in [0.15, 0.2) is 0 Å². The van der Waals surface area contributed by atoms with Gasteiger partial charge in [0.25, 0.3) is 0 Å². The Morgan fingerprint density at radius 1 is 0.833 bits per heavy atom. The predicted octanol–water partition coefficient (Wildman–Crippen LogP) is 5.72. The molecule has 0 aliphatic carbocycles. The van der Waals surface area contributed by atoms with Crippen LogP contribution in [0.15, 0.2) is 0 Å². The van der Waals surface area contributed by atoms with Crippen LogP contribution in [0.5, 0.6) is 0 Å². The summed E-state index contributed by atoms with van der Waals surface area (Å²) in [5.74, 6) is 0. The fourth-order valence-corrected chi connectivity index (χ4v) is 3.24. The molecule has 0 radical (unpaired) electrons. The monoisotopic (exact) mass is 254 g/mol. The van der Waals surface area contributed by atoms with E-state index in [-0.39, 0.29) is 0 Å². The second-order valence-corrected chi connectivity index (χ2v) is 6.54. The minimum atomic E-state index is 0.459. The van der Waals surface area contributed by atoms with Gasteiger partial charge in [-0.2, -0.15) is 0 Å². The van der Waals surface area contributed by atoms with E-state index in [4.69, 9.17) is 4.74 Å². The van der Waals surface area contributed by atoms with Crippen LogP contribution < -0.4 is 0 Å². The Bertz CT molecular complexity index is 200. The topological polar surface area (TPSA) is 12.5 Å². The minimum Gasteiger partial charge on any atom is -0.369 e. The molecule has 0 N–H and O–H groups in total. The average molecular weight is 254 g/mol. The van der Waals surface area contributed by atoms with Gasteiger partial charge in [-0.05, 0) is 25.2 Å². The van der Waals surface area contributed by atoms with E-state index in [0.29, 0.717) is 17.6 Å². The van der Waals surface area contributed by atoms with Crippen LogP contribution in [0.2, 0.25) is 0 Å². The van der Waals surface area contributed by atoms with E-state index in [2.05, 4.69) is 27.7 Å². The van der Waals surface area contributed by atoms with Crippen LogP contribution >= 0.6 is 0 Å². The van der Waals surface area contributed by atoms with Crippen LogP contribution in [0.4, 0.5) is 0 Å². The van der Waals surface area contributed by atoms with Gasteiger partial charge in [0.05, 0.1) is 12.2 Å². The fraction of sp³-hybridized carbons (Fsp3) is 1.00. The van der Waals surface area contributed by atoms with Crippen molar-refractivity contribution >= 4 is 0 Å². The number of unbranched alkanes of at least 4 members (excludes halogenated alkanes) is 6. The van der Waals surface area contributed by atoms with E-state index in [1.54, 1.807) is 0 Å². The standard InChI is InChI=1S/C17H34O/c1-5-7-9-11-13-17(4,16-15(3)18-16)14-12-10-8-6-2/h15-16H,5-14H2,1-4H3. The van der Waals surface area contributed by atoms with Crippen molar-refractivity contribution < 1.29 is 4.74 Å². The maximum absolute atomic E-state index is 5.80. The lowest BCUT2D eigenvalue weighted by Gasteiger charge is -2.28. The number of hydrogen-bond donors (Lipinski definition) is 0. The van der Waals surface area contributed by atoms with Crippen molar-refractivity contribution in [2.45, 2.75) is 104 Å². The summed E-state index contributed by atoms with van der Waals surface area (Å²) in [6, 6.07) is 0. The van der Waals surface area contributed by atoms with Crippen molar-refractivity contribution in [1.82, 2.24) is 0 Å². The van der Waals surface area contributed by atoms with Crippen molar-refractivity contribution in [1.29, 1.82) is 0 Å². The Kier molecular flexibility index (Phi) is 7.29. The quantitative estimate of drug-likeness (QED) is 0.339. The molecule has 0 aromatic rings. The highest BCUT2D eigenvalue weighted by Gasteiger charge is 2.48. The van der Waals surface area contributed by atoms with E-state index in [1.807, 2.05) is 0 Å². The van der Waals surface area contributed by atoms with Gasteiger partial charge < -0.3 is 4.74 Å². The number of ether oxygens (including phenoxy) is 1. The molecule has 108 valence electrons. The predicted molar refractivity (Wildman–Crippen MR) is 80.0 cm³/mol. The van der Waals surface area contributed by atoms with Crippen LogP contribution in [-0.4, -0.2) is 12.2 Å². The summed E-state index contributed by atoms with van der Waals surface area (Å²) < 4.78 is 5.80. The zero-order valence-electron chi connectivity index (χ0n) is 13.1. The Labute approximate surface area is 115 Å². The van der Waals surface area contributed by atoms with Gasteiger partial charge in [-0.15, -0.1) is 0 Å². The van der Waals surface area contributed by atoms with Crippen molar-refractivity contribution in [3.05, 3.63) is 0 Å². The van der Waals surface area contributed by atoms with Gasteiger partial charge in [-0.3, -0.25) is 0 Å². The lowest BCUT2D eigenvalue weighted by Crippen LogP contribution is -2.25. The maximum Gasteiger partial charge on any atom is 0.0892 e. The highest BCUT2D eigenvalue weighted by atomic mass is 16.6.